The lowest BCUT2D eigenvalue weighted by Crippen LogP contribution is -2.45. The quantitative estimate of drug-likeness (QED) is 0.725. The van der Waals surface area contributed by atoms with E-state index in [2.05, 4.69) is 50.9 Å². The molecule has 4 rings (SSSR count). The summed E-state index contributed by atoms with van der Waals surface area (Å²) in [6, 6.07) is 7.95. The molecule has 1 N–H and O–H groups in total. The van der Waals surface area contributed by atoms with Gasteiger partial charge in [-0.1, -0.05) is 6.07 Å². The Bertz CT molecular complexity index is 922. The second-order valence-corrected chi connectivity index (χ2v) is 8.08. The largest absolute Gasteiger partial charge is 0.352 e. The van der Waals surface area contributed by atoms with Crippen LogP contribution >= 0.6 is 11.3 Å². The summed E-state index contributed by atoms with van der Waals surface area (Å²) in [7, 11) is 4.23. The van der Waals surface area contributed by atoms with Crippen LogP contribution in [-0.2, 0) is 6.42 Å². The summed E-state index contributed by atoms with van der Waals surface area (Å²) >= 11 is 1.71. The van der Waals surface area contributed by atoms with Crippen molar-refractivity contribution >= 4 is 22.9 Å². The van der Waals surface area contributed by atoms with E-state index in [0.717, 1.165) is 37.5 Å². The van der Waals surface area contributed by atoms with Gasteiger partial charge in [0, 0.05) is 37.3 Å². The van der Waals surface area contributed by atoms with Crippen LogP contribution < -0.4 is 5.32 Å². The second kappa shape index (κ2) is 7.75. The van der Waals surface area contributed by atoms with Crippen molar-refractivity contribution in [3.05, 3.63) is 52.1 Å². The molecule has 0 spiro atoms. The van der Waals surface area contributed by atoms with E-state index < -0.39 is 0 Å². The highest BCUT2D eigenvalue weighted by atomic mass is 32.1. The Morgan fingerprint density at radius 3 is 2.96 bits per heavy atom. The summed E-state index contributed by atoms with van der Waals surface area (Å²) in [4.78, 5) is 18.4. The van der Waals surface area contributed by atoms with Crippen molar-refractivity contribution in [1.29, 1.82) is 0 Å². The molecule has 8 heteroatoms. The number of hydrogen-bond donors (Lipinski definition) is 1. The number of nitrogens with one attached hydrogen (secondary N) is 1. The monoisotopic (exact) mass is 384 g/mol. The fourth-order valence-corrected chi connectivity index (χ4v) is 4.12. The van der Waals surface area contributed by atoms with Crippen molar-refractivity contribution in [2.24, 2.45) is 0 Å². The Balaban J connectivity index is 1.51. The van der Waals surface area contributed by atoms with E-state index in [4.69, 9.17) is 0 Å². The number of amides is 1. The van der Waals surface area contributed by atoms with Crippen molar-refractivity contribution in [2.45, 2.75) is 12.5 Å². The zero-order valence-electron chi connectivity index (χ0n) is 15.6. The number of thiophene rings is 1. The lowest BCUT2D eigenvalue weighted by molar-refractivity contribution is 0.0953. The van der Waals surface area contributed by atoms with Gasteiger partial charge in [-0.05, 0) is 44.1 Å². The smallest absolute Gasteiger partial charge is 0.252 e. The van der Waals surface area contributed by atoms with E-state index in [1.165, 1.54) is 4.88 Å². The number of hydrogen-bond acceptors (Lipinski definition) is 6. The number of likely N-dealkylation sites (N-methyl/N-ethyl adjacent to an activating group) is 2. The molecule has 1 fully saturated rings. The predicted molar refractivity (Wildman–Crippen MR) is 106 cm³/mol. The molecular weight excluding hydrogens is 360 g/mol. The molecule has 27 heavy (non-hydrogen) atoms. The average molecular weight is 385 g/mol. The van der Waals surface area contributed by atoms with Gasteiger partial charge in [-0.3, -0.25) is 14.1 Å². The maximum absolute atomic E-state index is 12.6. The van der Waals surface area contributed by atoms with E-state index in [0.29, 0.717) is 12.1 Å². The first kappa shape index (κ1) is 18.1. The number of piperazine rings is 1. The van der Waals surface area contributed by atoms with E-state index in [1.54, 1.807) is 11.3 Å². The molecular formula is C19H24N6OS. The first-order chi connectivity index (χ1) is 13.1. The van der Waals surface area contributed by atoms with Gasteiger partial charge in [0.2, 0.25) is 0 Å². The molecule has 7 nitrogen and oxygen atoms in total. The highest BCUT2D eigenvalue weighted by Gasteiger charge is 2.28. The Kier molecular flexibility index (Phi) is 5.20. The molecule has 3 aromatic heterocycles. The minimum absolute atomic E-state index is 0.0674. The summed E-state index contributed by atoms with van der Waals surface area (Å²) in [5, 5.41) is 13.8. The van der Waals surface area contributed by atoms with Crippen molar-refractivity contribution in [1.82, 2.24) is 29.7 Å². The number of carbonyl (C=O) groups is 1. The first-order valence-corrected chi connectivity index (χ1v) is 10.0. The van der Waals surface area contributed by atoms with Crippen molar-refractivity contribution in [2.75, 3.05) is 40.3 Å². The SMILES string of the molecule is CN1CCN(C)[C@H](c2nnc3ccc(C(=O)NCCc4cccs4)cn23)C1. The molecule has 142 valence electrons. The summed E-state index contributed by atoms with van der Waals surface area (Å²) in [5.74, 6) is 0.814. The Labute approximate surface area is 162 Å². The van der Waals surface area contributed by atoms with E-state index in [1.807, 2.05) is 28.8 Å². The van der Waals surface area contributed by atoms with E-state index in [-0.39, 0.29) is 11.9 Å². The second-order valence-electron chi connectivity index (χ2n) is 7.05. The minimum Gasteiger partial charge on any atom is -0.352 e. The van der Waals surface area contributed by atoms with Crippen molar-refractivity contribution in [3.8, 4) is 0 Å². The van der Waals surface area contributed by atoms with Crippen LogP contribution in [-0.4, -0.2) is 70.6 Å². The Hall–Kier alpha value is -2.29. The lowest BCUT2D eigenvalue weighted by atomic mass is 10.1. The topological polar surface area (TPSA) is 65.8 Å². The molecule has 0 radical (unpaired) electrons. The normalized spacial score (nSPS) is 18.8. The third-order valence-electron chi connectivity index (χ3n) is 5.08. The van der Waals surface area contributed by atoms with Crippen LogP contribution in [0.3, 0.4) is 0 Å². The standard InChI is InChI=1S/C19H24N6OS/c1-23-9-10-24(2)16(13-23)18-22-21-17-6-5-14(12-25(17)18)19(26)20-8-7-15-4-3-11-27-15/h3-6,11-12,16H,7-10,13H2,1-2H3,(H,20,26)/t16-/m0/s1. The predicted octanol–water partition coefficient (Wildman–Crippen LogP) is 1.68. The van der Waals surface area contributed by atoms with Crippen LogP contribution in [0.1, 0.15) is 27.1 Å². The zero-order chi connectivity index (χ0) is 18.8. The lowest BCUT2D eigenvalue weighted by Gasteiger charge is -2.36. The summed E-state index contributed by atoms with van der Waals surface area (Å²) in [6.45, 7) is 3.55. The number of fused-ring (bicyclic) bond motifs is 1. The number of aromatic nitrogens is 3. The number of carbonyl (C=O) groups excluding carboxylic acids is 1. The molecule has 3 aromatic rings. The Morgan fingerprint density at radius 2 is 2.15 bits per heavy atom. The number of nitrogens with zero attached hydrogens (tertiary/aromatic N) is 5. The van der Waals surface area contributed by atoms with Crippen LogP contribution in [0.5, 0.6) is 0 Å². The molecule has 0 aliphatic carbocycles. The highest BCUT2D eigenvalue weighted by molar-refractivity contribution is 7.09. The molecule has 1 aliphatic heterocycles. The molecule has 0 bridgehead atoms. The Morgan fingerprint density at radius 1 is 1.26 bits per heavy atom. The molecule has 1 aliphatic rings. The fourth-order valence-electron chi connectivity index (χ4n) is 3.42. The molecule has 0 unspecified atom stereocenters. The molecule has 0 saturated carbocycles. The van der Waals surface area contributed by atoms with E-state index >= 15 is 0 Å². The van der Waals surface area contributed by atoms with Gasteiger partial charge in [0.1, 0.15) is 0 Å². The highest BCUT2D eigenvalue weighted by Crippen LogP contribution is 2.22. The van der Waals surface area contributed by atoms with Gasteiger partial charge in [-0.15, -0.1) is 21.5 Å². The van der Waals surface area contributed by atoms with Gasteiger partial charge in [0.05, 0.1) is 11.6 Å². The summed E-state index contributed by atoms with van der Waals surface area (Å²) < 4.78 is 1.95. The van der Waals surface area contributed by atoms with Gasteiger partial charge >= 0.3 is 0 Å². The molecule has 1 amide bonds. The van der Waals surface area contributed by atoms with Crippen LogP contribution in [0.15, 0.2) is 35.8 Å². The summed E-state index contributed by atoms with van der Waals surface area (Å²) in [5.41, 5.74) is 1.39. The maximum atomic E-state index is 12.6. The molecule has 1 saturated heterocycles. The fraction of sp³-hybridized carbons (Fsp3) is 0.421. The molecule has 0 aromatic carbocycles. The maximum Gasteiger partial charge on any atom is 0.252 e. The van der Waals surface area contributed by atoms with Gasteiger partial charge in [-0.2, -0.15) is 0 Å². The van der Waals surface area contributed by atoms with Gasteiger partial charge < -0.3 is 10.2 Å². The zero-order valence-corrected chi connectivity index (χ0v) is 16.4. The van der Waals surface area contributed by atoms with Crippen LogP contribution in [0.25, 0.3) is 5.65 Å². The average Bonchev–Trinajstić information content (AvgIpc) is 3.32. The number of rotatable bonds is 5. The van der Waals surface area contributed by atoms with Crippen molar-refractivity contribution < 1.29 is 4.79 Å². The van der Waals surface area contributed by atoms with Crippen LogP contribution in [0.2, 0.25) is 0 Å². The van der Waals surface area contributed by atoms with E-state index in [9.17, 15) is 4.79 Å². The van der Waals surface area contributed by atoms with Gasteiger partial charge in [0.25, 0.3) is 5.91 Å². The van der Waals surface area contributed by atoms with Gasteiger partial charge in [-0.25, -0.2) is 0 Å². The first-order valence-electron chi connectivity index (χ1n) is 9.16. The molecule has 1 atom stereocenters. The van der Waals surface area contributed by atoms with Crippen LogP contribution in [0.4, 0.5) is 0 Å². The number of pyridine rings is 1. The molecule has 4 heterocycles. The minimum atomic E-state index is -0.0674. The van der Waals surface area contributed by atoms with Crippen LogP contribution in [0, 0.1) is 0 Å². The third kappa shape index (κ3) is 3.87. The summed E-state index contributed by atoms with van der Waals surface area (Å²) in [6.07, 6.45) is 2.70. The van der Waals surface area contributed by atoms with Crippen molar-refractivity contribution in [3.63, 3.8) is 0 Å². The third-order valence-corrected chi connectivity index (χ3v) is 6.01. The van der Waals surface area contributed by atoms with Gasteiger partial charge in [0.15, 0.2) is 11.5 Å².